The van der Waals surface area contributed by atoms with Gasteiger partial charge in [-0.15, -0.1) is 0 Å². The highest BCUT2D eigenvalue weighted by Crippen LogP contribution is 2.24. The number of halogens is 1. The van der Waals surface area contributed by atoms with E-state index in [0.717, 1.165) is 5.56 Å². The van der Waals surface area contributed by atoms with E-state index in [1.165, 1.54) is 12.3 Å². The van der Waals surface area contributed by atoms with Crippen LogP contribution in [0.15, 0.2) is 47.4 Å². The van der Waals surface area contributed by atoms with Crippen molar-refractivity contribution in [1.29, 1.82) is 0 Å². The second-order valence-corrected chi connectivity index (χ2v) is 5.51. The highest BCUT2D eigenvalue weighted by atomic mass is 35.5. The number of aromatic nitrogens is 1. The first-order valence-electron chi connectivity index (χ1n) is 6.99. The lowest BCUT2D eigenvalue weighted by atomic mass is 10.1. The van der Waals surface area contributed by atoms with E-state index in [2.05, 4.69) is 4.98 Å². The van der Waals surface area contributed by atoms with Gasteiger partial charge < -0.3 is 14.6 Å². The van der Waals surface area contributed by atoms with Crippen molar-refractivity contribution in [3.63, 3.8) is 0 Å². The number of H-pyrrole nitrogens is 1. The third kappa shape index (κ3) is 3.05. The Hall–Kier alpha value is -2.11. The van der Waals surface area contributed by atoms with Crippen LogP contribution in [0.4, 0.5) is 0 Å². The molecule has 5 nitrogen and oxygen atoms in total. The molecule has 0 spiro atoms. The third-order valence-electron chi connectivity index (χ3n) is 3.64. The summed E-state index contributed by atoms with van der Waals surface area (Å²) in [5.41, 5.74) is 0.741. The van der Waals surface area contributed by atoms with Crippen LogP contribution < -0.4 is 5.56 Å². The van der Waals surface area contributed by atoms with Crippen LogP contribution in [-0.4, -0.2) is 35.5 Å². The number of pyridine rings is 1. The van der Waals surface area contributed by atoms with Crippen molar-refractivity contribution in [2.24, 2.45) is 0 Å². The first kappa shape index (κ1) is 14.8. The third-order valence-corrected chi connectivity index (χ3v) is 3.90. The lowest BCUT2D eigenvalue weighted by molar-refractivity contribution is -0.0228. The van der Waals surface area contributed by atoms with Gasteiger partial charge in [-0.1, -0.05) is 23.7 Å². The van der Waals surface area contributed by atoms with Crippen molar-refractivity contribution in [3.8, 4) is 0 Å². The minimum Gasteiger partial charge on any atom is -0.370 e. The molecule has 6 heteroatoms. The summed E-state index contributed by atoms with van der Waals surface area (Å²) in [5, 5.41) is 0.656. The Morgan fingerprint density at radius 3 is 2.77 bits per heavy atom. The number of carbonyl (C=O) groups is 1. The molecule has 0 unspecified atom stereocenters. The van der Waals surface area contributed by atoms with Gasteiger partial charge in [0.15, 0.2) is 0 Å². The van der Waals surface area contributed by atoms with E-state index >= 15 is 0 Å². The molecule has 1 aromatic carbocycles. The zero-order valence-electron chi connectivity index (χ0n) is 11.8. The predicted molar refractivity (Wildman–Crippen MR) is 83.1 cm³/mol. The van der Waals surface area contributed by atoms with Gasteiger partial charge >= 0.3 is 0 Å². The van der Waals surface area contributed by atoms with Gasteiger partial charge in [-0.2, -0.15) is 0 Å². The number of hydrogen-bond donors (Lipinski definition) is 1. The molecule has 3 rings (SSSR count). The fraction of sp³-hybridized carbons (Fsp3) is 0.250. The summed E-state index contributed by atoms with van der Waals surface area (Å²) in [7, 11) is 0. The second kappa shape index (κ2) is 6.34. The van der Waals surface area contributed by atoms with Crippen LogP contribution >= 0.6 is 11.6 Å². The van der Waals surface area contributed by atoms with Crippen molar-refractivity contribution in [2.75, 3.05) is 19.7 Å². The van der Waals surface area contributed by atoms with Crippen LogP contribution in [0.5, 0.6) is 0 Å². The summed E-state index contributed by atoms with van der Waals surface area (Å²) >= 11 is 5.88. The molecular weight excluding hydrogens is 304 g/mol. The maximum absolute atomic E-state index is 12.5. The van der Waals surface area contributed by atoms with Crippen molar-refractivity contribution in [2.45, 2.75) is 6.10 Å². The summed E-state index contributed by atoms with van der Waals surface area (Å²) in [6, 6.07) is 10.5. The number of benzene rings is 1. The molecule has 0 aliphatic carbocycles. The zero-order chi connectivity index (χ0) is 15.5. The summed E-state index contributed by atoms with van der Waals surface area (Å²) in [6.07, 6.45) is 1.30. The summed E-state index contributed by atoms with van der Waals surface area (Å²) in [6.45, 7) is 1.32. The smallest absolute Gasteiger partial charge is 0.260 e. The minimum atomic E-state index is -0.373. The zero-order valence-corrected chi connectivity index (χ0v) is 12.5. The number of aromatic amines is 1. The molecule has 0 radical (unpaired) electrons. The van der Waals surface area contributed by atoms with Crippen molar-refractivity contribution >= 4 is 17.5 Å². The quantitative estimate of drug-likeness (QED) is 0.923. The molecule has 2 aromatic rings. The van der Waals surface area contributed by atoms with E-state index in [9.17, 15) is 9.59 Å². The Morgan fingerprint density at radius 1 is 1.27 bits per heavy atom. The highest BCUT2D eigenvalue weighted by Gasteiger charge is 2.27. The molecule has 0 bridgehead atoms. The Morgan fingerprint density at radius 2 is 2.05 bits per heavy atom. The monoisotopic (exact) mass is 318 g/mol. The average molecular weight is 319 g/mol. The average Bonchev–Trinajstić information content (AvgIpc) is 2.55. The van der Waals surface area contributed by atoms with Crippen molar-refractivity contribution in [3.05, 3.63) is 69.1 Å². The van der Waals surface area contributed by atoms with Crippen LogP contribution in [0.1, 0.15) is 22.0 Å². The lowest BCUT2D eigenvalue weighted by Gasteiger charge is -2.33. The number of ether oxygens (including phenoxy) is 1. The van der Waals surface area contributed by atoms with Gasteiger partial charge in [-0.05, 0) is 29.8 Å². The summed E-state index contributed by atoms with van der Waals surface area (Å²) < 4.78 is 5.73. The molecule has 1 aliphatic heterocycles. The molecule has 1 amide bonds. The Labute approximate surface area is 132 Å². The van der Waals surface area contributed by atoms with Gasteiger partial charge in [0.25, 0.3) is 11.5 Å². The van der Waals surface area contributed by atoms with Gasteiger partial charge in [0.1, 0.15) is 11.7 Å². The molecule has 1 atom stereocenters. The first-order valence-corrected chi connectivity index (χ1v) is 7.37. The molecule has 1 aromatic heterocycles. The number of nitrogens with one attached hydrogen (secondary N) is 1. The summed E-state index contributed by atoms with van der Waals surface area (Å²) in [5.74, 6) is -0.274. The molecule has 1 saturated heterocycles. The number of nitrogens with zero attached hydrogens (tertiary/aromatic N) is 1. The van der Waals surface area contributed by atoms with Crippen molar-refractivity contribution < 1.29 is 9.53 Å². The fourth-order valence-electron chi connectivity index (χ4n) is 2.47. The van der Waals surface area contributed by atoms with Crippen LogP contribution in [0.2, 0.25) is 5.02 Å². The number of hydrogen-bond acceptors (Lipinski definition) is 3. The number of amides is 1. The Balaban J connectivity index is 1.78. The first-order chi connectivity index (χ1) is 10.6. The van der Waals surface area contributed by atoms with Gasteiger partial charge in [-0.3, -0.25) is 9.59 Å². The molecule has 1 aliphatic rings. The van der Waals surface area contributed by atoms with Crippen LogP contribution in [-0.2, 0) is 4.74 Å². The SMILES string of the molecule is O=C(c1ccc[nH]c1=O)N1CCO[C@H](c2ccc(Cl)cc2)C1. The van der Waals surface area contributed by atoms with E-state index in [1.807, 2.05) is 12.1 Å². The predicted octanol–water partition coefficient (Wildman–Crippen LogP) is 2.24. The topological polar surface area (TPSA) is 62.4 Å². The summed E-state index contributed by atoms with van der Waals surface area (Å²) in [4.78, 5) is 28.4. The van der Waals surface area contributed by atoms with Gasteiger partial charge in [0.05, 0.1) is 13.2 Å². The Kier molecular flexibility index (Phi) is 4.27. The number of rotatable bonds is 2. The van der Waals surface area contributed by atoms with Crippen LogP contribution in [0.25, 0.3) is 0 Å². The molecular formula is C16H15ClN2O3. The normalized spacial score (nSPS) is 18.2. The van der Waals surface area contributed by atoms with E-state index in [0.29, 0.717) is 24.7 Å². The molecule has 22 heavy (non-hydrogen) atoms. The van der Waals surface area contributed by atoms with Crippen molar-refractivity contribution in [1.82, 2.24) is 9.88 Å². The Bertz CT molecular complexity index is 727. The van der Waals surface area contributed by atoms with Crippen LogP contribution in [0.3, 0.4) is 0 Å². The van der Waals surface area contributed by atoms with Gasteiger partial charge in [0, 0.05) is 17.8 Å². The minimum absolute atomic E-state index is 0.152. The second-order valence-electron chi connectivity index (χ2n) is 5.08. The molecule has 2 heterocycles. The van der Waals surface area contributed by atoms with E-state index in [1.54, 1.807) is 23.1 Å². The standard InChI is InChI=1S/C16H15ClN2O3/c17-12-5-3-11(4-6-12)14-10-19(8-9-22-14)16(21)13-2-1-7-18-15(13)20/h1-7,14H,8-10H2,(H,18,20)/t14-/m0/s1. The van der Waals surface area contributed by atoms with E-state index < -0.39 is 0 Å². The van der Waals surface area contributed by atoms with Crippen LogP contribution in [0, 0.1) is 0 Å². The van der Waals surface area contributed by atoms with Gasteiger partial charge in [0.2, 0.25) is 0 Å². The fourth-order valence-corrected chi connectivity index (χ4v) is 2.60. The lowest BCUT2D eigenvalue weighted by Crippen LogP contribution is -2.43. The van der Waals surface area contributed by atoms with E-state index in [4.69, 9.17) is 16.3 Å². The highest BCUT2D eigenvalue weighted by molar-refractivity contribution is 6.30. The van der Waals surface area contributed by atoms with Gasteiger partial charge in [-0.25, -0.2) is 0 Å². The maximum Gasteiger partial charge on any atom is 0.260 e. The molecule has 1 N–H and O–H groups in total. The molecule has 0 saturated carbocycles. The van der Waals surface area contributed by atoms with E-state index in [-0.39, 0.29) is 23.1 Å². The maximum atomic E-state index is 12.5. The molecule has 1 fully saturated rings. The number of morpholine rings is 1. The molecule has 114 valence electrons. The number of carbonyl (C=O) groups excluding carboxylic acids is 1. The largest absolute Gasteiger partial charge is 0.370 e.